The monoisotopic (exact) mass is 292 g/mol. The average Bonchev–Trinajstić information content (AvgIpc) is 3.01. The van der Waals surface area contributed by atoms with Crippen LogP contribution >= 0.6 is 0 Å². The van der Waals surface area contributed by atoms with E-state index < -0.39 is 15.1 Å². The smallest absolute Gasteiger partial charge is 0.251 e. The lowest BCUT2D eigenvalue weighted by Crippen LogP contribution is -2.34. The zero-order chi connectivity index (χ0) is 14.2. The van der Waals surface area contributed by atoms with E-state index in [9.17, 15) is 13.2 Å². The number of carbonyl (C=O) groups excluding carboxylic acids is 1. The number of nitrogens with one attached hydrogen (secondary N) is 2. The maximum absolute atomic E-state index is 12.1. The maximum atomic E-state index is 12.1. The van der Waals surface area contributed by atoms with E-state index in [1.165, 1.54) is 0 Å². The first-order chi connectivity index (χ1) is 9.56. The van der Waals surface area contributed by atoms with Crippen LogP contribution in [0.25, 0.3) is 10.9 Å². The molecular weight excluding hydrogens is 276 g/mol. The molecule has 1 amide bonds. The summed E-state index contributed by atoms with van der Waals surface area (Å²) in [5.74, 6) is 0.00529. The van der Waals surface area contributed by atoms with Gasteiger partial charge >= 0.3 is 0 Å². The predicted octanol–water partition coefficient (Wildman–Crippen LogP) is 1.47. The Labute approximate surface area is 117 Å². The number of H-pyrrole nitrogens is 1. The number of hydrogen-bond donors (Lipinski definition) is 2. The lowest BCUT2D eigenvalue weighted by Gasteiger charge is -2.10. The highest BCUT2D eigenvalue weighted by molar-refractivity contribution is 7.92. The Balaban J connectivity index is 1.70. The second kappa shape index (κ2) is 4.94. The van der Waals surface area contributed by atoms with Crippen molar-refractivity contribution >= 4 is 26.6 Å². The van der Waals surface area contributed by atoms with Crippen molar-refractivity contribution in [3.8, 4) is 0 Å². The highest BCUT2D eigenvalue weighted by Gasteiger charge is 2.31. The van der Waals surface area contributed by atoms with Gasteiger partial charge in [0.25, 0.3) is 5.91 Å². The largest absolute Gasteiger partial charge is 0.361 e. The third kappa shape index (κ3) is 2.43. The van der Waals surface area contributed by atoms with Gasteiger partial charge in [0, 0.05) is 23.8 Å². The number of amides is 1. The molecule has 1 fully saturated rings. The zero-order valence-electron chi connectivity index (χ0n) is 10.9. The molecule has 0 spiro atoms. The number of benzene rings is 1. The van der Waals surface area contributed by atoms with E-state index in [0.717, 1.165) is 10.9 Å². The summed E-state index contributed by atoms with van der Waals surface area (Å²) >= 11 is 0. The van der Waals surface area contributed by atoms with E-state index in [0.29, 0.717) is 18.4 Å². The molecule has 3 rings (SSSR count). The summed E-state index contributed by atoms with van der Waals surface area (Å²) in [6.07, 6.45) is 3.15. The number of rotatable bonds is 3. The molecule has 0 saturated carbocycles. The Morgan fingerprint density at radius 1 is 1.35 bits per heavy atom. The molecule has 20 heavy (non-hydrogen) atoms. The van der Waals surface area contributed by atoms with Gasteiger partial charge in [-0.25, -0.2) is 8.42 Å². The molecule has 5 nitrogen and oxygen atoms in total. The third-order valence-corrected chi connectivity index (χ3v) is 6.05. The fourth-order valence-corrected chi connectivity index (χ4v) is 4.35. The molecule has 1 aromatic heterocycles. The van der Waals surface area contributed by atoms with Crippen molar-refractivity contribution in [3.63, 3.8) is 0 Å². The molecule has 1 atom stereocenters. The van der Waals surface area contributed by atoms with Crippen molar-refractivity contribution in [2.24, 2.45) is 0 Å². The minimum absolute atomic E-state index is 0.198. The van der Waals surface area contributed by atoms with Crippen molar-refractivity contribution in [2.75, 3.05) is 12.3 Å². The van der Waals surface area contributed by atoms with Gasteiger partial charge in [-0.1, -0.05) is 6.07 Å². The van der Waals surface area contributed by atoms with Gasteiger partial charge in [-0.3, -0.25) is 4.79 Å². The van der Waals surface area contributed by atoms with Crippen molar-refractivity contribution < 1.29 is 13.2 Å². The molecule has 1 saturated heterocycles. The van der Waals surface area contributed by atoms with Gasteiger partial charge in [0.1, 0.15) is 0 Å². The van der Waals surface area contributed by atoms with E-state index >= 15 is 0 Å². The first-order valence-electron chi connectivity index (χ1n) is 6.63. The minimum atomic E-state index is -3.01. The molecule has 2 N–H and O–H groups in total. The first kappa shape index (κ1) is 13.2. The topological polar surface area (TPSA) is 79.0 Å². The van der Waals surface area contributed by atoms with E-state index in [2.05, 4.69) is 10.3 Å². The Bertz CT molecular complexity index is 749. The first-order valence-corrected chi connectivity index (χ1v) is 8.35. The van der Waals surface area contributed by atoms with Gasteiger partial charge in [-0.05, 0) is 36.4 Å². The van der Waals surface area contributed by atoms with Crippen LogP contribution < -0.4 is 5.32 Å². The number of fused-ring (bicyclic) bond motifs is 1. The van der Waals surface area contributed by atoms with Crippen LogP contribution in [0.5, 0.6) is 0 Å². The van der Waals surface area contributed by atoms with Gasteiger partial charge in [0.2, 0.25) is 0 Å². The van der Waals surface area contributed by atoms with Crippen LogP contribution in [-0.2, 0) is 9.84 Å². The van der Waals surface area contributed by atoms with Crippen molar-refractivity contribution in [3.05, 3.63) is 36.0 Å². The molecule has 1 aliphatic rings. The zero-order valence-corrected chi connectivity index (χ0v) is 11.7. The molecule has 2 aromatic rings. The number of carbonyl (C=O) groups is 1. The summed E-state index contributed by atoms with van der Waals surface area (Å²) < 4.78 is 23.4. The second-order valence-corrected chi connectivity index (χ2v) is 7.52. The molecule has 0 radical (unpaired) electrons. The maximum Gasteiger partial charge on any atom is 0.251 e. The second-order valence-electron chi connectivity index (χ2n) is 5.12. The summed E-state index contributed by atoms with van der Waals surface area (Å²) in [7, 11) is -3.01. The Hall–Kier alpha value is -1.82. The van der Waals surface area contributed by atoms with Gasteiger partial charge in [0.15, 0.2) is 9.84 Å². The summed E-state index contributed by atoms with van der Waals surface area (Å²) in [6.45, 7) is 0.198. The van der Waals surface area contributed by atoms with Crippen LogP contribution in [0, 0.1) is 0 Å². The van der Waals surface area contributed by atoms with Crippen LogP contribution in [0.1, 0.15) is 23.2 Å². The van der Waals surface area contributed by atoms with Gasteiger partial charge in [-0.15, -0.1) is 0 Å². The normalized spacial score (nSPS) is 21.1. The Morgan fingerprint density at radius 2 is 2.20 bits per heavy atom. The molecule has 2 heterocycles. The predicted molar refractivity (Wildman–Crippen MR) is 77.4 cm³/mol. The SMILES string of the molecule is O=C(NCC1CCCS1(=O)=O)c1ccc2cc[nH]c2c1. The Kier molecular flexibility index (Phi) is 3.25. The van der Waals surface area contributed by atoms with E-state index in [4.69, 9.17) is 0 Å². The molecule has 1 aliphatic heterocycles. The van der Waals surface area contributed by atoms with E-state index in [1.54, 1.807) is 12.1 Å². The third-order valence-electron chi connectivity index (χ3n) is 3.77. The van der Waals surface area contributed by atoms with Crippen molar-refractivity contribution in [1.82, 2.24) is 10.3 Å². The van der Waals surface area contributed by atoms with Crippen LogP contribution in [0.3, 0.4) is 0 Å². The number of sulfone groups is 1. The van der Waals surface area contributed by atoms with Crippen LogP contribution in [-0.4, -0.2) is 36.9 Å². The number of hydrogen-bond acceptors (Lipinski definition) is 3. The lowest BCUT2D eigenvalue weighted by molar-refractivity contribution is 0.0953. The molecular formula is C14H16N2O3S. The van der Waals surface area contributed by atoms with Crippen LogP contribution in [0.2, 0.25) is 0 Å². The van der Waals surface area contributed by atoms with Crippen LogP contribution in [0.4, 0.5) is 0 Å². The average molecular weight is 292 g/mol. The summed E-state index contributed by atoms with van der Waals surface area (Å²) in [6, 6.07) is 7.32. The molecule has 6 heteroatoms. The van der Waals surface area contributed by atoms with E-state index in [1.807, 2.05) is 18.3 Å². The highest BCUT2D eigenvalue weighted by atomic mass is 32.2. The highest BCUT2D eigenvalue weighted by Crippen LogP contribution is 2.19. The van der Waals surface area contributed by atoms with Crippen molar-refractivity contribution in [1.29, 1.82) is 0 Å². The fraction of sp³-hybridized carbons (Fsp3) is 0.357. The van der Waals surface area contributed by atoms with Gasteiger partial charge < -0.3 is 10.3 Å². The summed E-state index contributed by atoms with van der Waals surface area (Å²) in [5, 5.41) is 3.33. The summed E-state index contributed by atoms with van der Waals surface area (Å²) in [4.78, 5) is 15.1. The molecule has 0 bridgehead atoms. The lowest BCUT2D eigenvalue weighted by atomic mass is 10.1. The van der Waals surface area contributed by atoms with Crippen LogP contribution in [0.15, 0.2) is 30.5 Å². The standard InChI is InChI=1S/C14H16N2O3S/c17-14(16-9-12-2-1-7-20(12,18)19)11-4-3-10-5-6-15-13(10)8-11/h3-6,8,12,15H,1-2,7,9H2,(H,16,17). The molecule has 1 aromatic carbocycles. The Morgan fingerprint density at radius 3 is 2.95 bits per heavy atom. The molecule has 1 unspecified atom stereocenters. The molecule has 0 aliphatic carbocycles. The quantitative estimate of drug-likeness (QED) is 0.899. The number of aromatic amines is 1. The van der Waals surface area contributed by atoms with Gasteiger partial charge in [0.05, 0.1) is 11.0 Å². The molecule has 106 valence electrons. The number of aromatic nitrogens is 1. The fourth-order valence-electron chi connectivity index (χ4n) is 2.59. The van der Waals surface area contributed by atoms with E-state index in [-0.39, 0.29) is 18.2 Å². The van der Waals surface area contributed by atoms with Gasteiger partial charge in [-0.2, -0.15) is 0 Å². The van der Waals surface area contributed by atoms with Crippen molar-refractivity contribution in [2.45, 2.75) is 18.1 Å². The minimum Gasteiger partial charge on any atom is -0.361 e. The summed E-state index contributed by atoms with van der Waals surface area (Å²) in [5.41, 5.74) is 1.43.